The molecule has 2 aromatic heterocycles. The predicted octanol–water partition coefficient (Wildman–Crippen LogP) is 1.97. The molecule has 10 heteroatoms. The molecule has 8 nitrogen and oxygen atoms in total. The van der Waals surface area contributed by atoms with E-state index in [0.29, 0.717) is 32.2 Å². The number of piperidine rings is 1. The first kappa shape index (κ1) is 23.4. The normalized spacial score (nSPS) is 18.7. The molecule has 0 unspecified atom stereocenters. The second kappa shape index (κ2) is 9.64. The van der Waals surface area contributed by atoms with Gasteiger partial charge in [-0.05, 0) is 56.2 Å². The van der Waals surface area contributed by atoms with Gasteiger partial charge >= 0.3 is 0 Å². The summed E-state index contributed by atoms with van der Waals surface area (Å²) in [5.74, 6) is -0.286. The summed E-state index contributed by atoms with van der Waals surface area (Å²) in [5, 5.41) is 10.7. The van der Waals surface area contributed by atoms with Crippen molar-refractivity contribution in [2.75, 3.05) is 24.5 Å². The van der Waals surface area contributed by atoms with Gasteiger partial charge in [0, 0.05) is 31.8 Å². The van der Waals surface area contributed by atoms with E-state index < -0.39 is 5.97 Å². The maximum atomic E-state index is 13.5. The van der Waals surface area contributed by atoms with Crippen molar-refractivity contribution in [1.82, 2.24) is 14.3 Å². The number of fused-ring (bicyclic) bond motifs is 1. The van der Waals surface area contributed by atoms with E-state index in [0.717, 1.165) is 43.3 Å². The Bertz CT molecular complexity index is 1210. The number of carbonyl (C=O) groups is 2. The van der Waals surface area contributed by atoms with Crippen LogP contribution in [-0.4, -0.2) is 50.1 Å². The van der Waals surface area contributed by atoms with E-state index >= 15 is 0 Å². The molecule has 0 aromatic carbocycles. The molecule has 0 spiro atoms. The van der Waals surface area contributed by atoms with Gasteiger partial charge in [0.2, 0.25) is 0 Å². The standard InChI is InChI=1S/C23H26N4O4S2/c1-14-7-11-25(12-8-14)20-16(21(30)26-9-3-5-15(2)19(26)24-20)13-17-22(31)27(23(32)33-17)10-4-6-18(28)29/h3,5,9,13-14H,4,6-8,10-12H2,1-2H3,(H,28,29)/p-1/b17-13+. The van der Waals surface area contributed by atoms with Crippen molar-refractivity contribution in [1.29, 1.82) is 0 Å². The van der Waals surface area contributed by atoms with Crippen molar-refractivity contribution in [2.24, 2.45) is 5.92 Å². The molecule has 2 aliphatic heterocycles. The zero-order valence-electron chi connectivity index (χ0n) is 18.6. The monoisotopic (exact) mass is 485 g/mol. The summed E-state index contributed by atoms with van der Waals surface area (Å²) in [4.78, 5) is 45.9. The summed E-state index contributed by atoms with van der Waals surface area (Å²) in [6, 6.07) is 3.72. The molecule has 0 saturated carbocycles. The molecule has 0 radical (unpaired) electrons. The van der Waals surface area contributed by atoms with Gasteiger partial charge in [-0.15, -0.1) is 0 Å². The van der Waals surface area contributed by atoms with Gasteiger partial charge in [-0.3, -0.25) is 18.9 Å². The first-order valence-corrected chi connectivity index (χ1v) is 12.2. The number of hydrogen-bond acceptors (Lipinski definition) is 8. The Hall–Kier alpha value is -2.72. The topological polar surface area (TPSA) is 98.0 Å². The van der Waals surface area contributed by atoms with Gasteiger partial charge < -0.3 is 14.8 Å². The van der Waals surface area contributed by atoms with Crippen molar-refractivity contribution >= 4 is 57.7 Å². The second-order valence-electron chi connectivity index (χ2n) is 8.52. The minimum Gasteiger partial charge on any atom is -0.550 e. The minimum absolute atomic E-state index is 0.150. The number of aromatic nitrogens is 2. The third-order valence-electron chi connectivity index (χ3n) is 6.06. The smallest absolute Gasteiger partial charge is 0.267 e. The van der Waals surface area contributed by atoms with Gasteiger partial charge in [0.05, 0.1) is 10.5 Å². The van der Waals surface area contributed by atoms with Gasteiger partial charge in [-0.1, -0.05) is 37.0 Å². The molecular formula is C23H25N4O4S2-. The number of pyridine rings is 1. The van der Waals surface area contributed by atoms with E-state index in [4.69, 9.17) is 17.2 Å². The number of carboxylic acids is 1. The number of carboxylic acid groups (broad SMARTS) is 1. The lowest BCUT2D eigenvalue weighted by Crippen LogP contribution is -2.36. The molecule has 33 heavy (non-hydrogen) atoms. The first-order valence-electron chi connectivity index (χ1n) is 11.0. The van der Waals surface area contributed by atoms with Crippen LogP contribution in [0.4, 0.5) is 5.82 Å². The number of rotatable bonds is 6. The summed E-state index contributed by atoms with van der Waals surface area (Å²) in [6.07, 6.45) is 5.39. The van der Waals surface area contributed by atoms with Crippen LogP contribution in [0, 0.1) is 12.8 Å². The van der Waals surface area contributed by atoms with Crippen LogP contribution in [0.25, 0.3) is 11.7 Å². The second-order valence-corrected chi connectivity index (χ2v) is 10.2. The quantitative estimate of drug-likeness (QED) is 0.453. The Labute approximate surface area is 201 Å². The Kier molecular flexibility index (Phi) is 6.85. The summed E-state index contributed by atoms with van der Waals surface area (Å²) >= 11 is 6.46. The van der Waals surface area contributed by atoms with Crippen molar-refractivity contribution in [3.8, 4) is 0 Å². The zero-order chi connectivity index (χ0) is 23.7. The highest BCUT2D eigenvalue weighted by Gasteiger charge is 2.33. The molecule has 4 heterocycles. The average Bonchev–Trinajstić information content (AvgIpc) is 3.04. The van der Waals surface area contributed by atoms with Crippen LogP contribution in [-0.2, 0) is 9.59 Å². The molecule has 0 N–H and O–H groups in total. The minimum atomic E-state index is -1.16. The zero-order valence-corrected chi connectivity index (χ0v) is 20.2. The van der Waals surface area contributed by atoms with Gasteiger partial charge in [-0.25, -0.2) is 4.98 Å². The molecule has 0 atom stereocenters. The van der Waals surface area contributed by atoms with Crippen LogP contribution in [0.5, 0.6) is 0 Å². The highest BCUT2D eigenvalue weighted by molar-refractivity contribution is 8.26. The lowest BCUT2D eigenvalue weighted by atomic mass is 9.99. The molecular weight excluding hydrogens is 460 g/mol. The van der Waals surface area contributed by atoms with E-state index in [1.165, 1.54) is 9.30 Å². The summed E-state index contributed by atoms with van der Waals surface area (Å²) in [5.41, 5.74) is 1.62. The van der Waals surface area contributed by atoms with Crippen LogP contribution in [0.1, 0.15) is 43.7 Å². The number of aliphatic carboxylic acids is 1. The molecule has 174 valence electrons. The molecule has 2 aromatic rings. The Morgan fingerprint density at radius 3 is 2.76 bits per heavy atom. The lowest BCUT2D eigenvalue weighted by molar-refractivity contribution is -0.305. The van der Waals surface area contributed by atoms with Crippen molar-refractivity contribution in [2.45, 2.75) is 39.5 Å². The van der Waals surface area contributed by atoms with Gasteiger partial charge in [0.15, 0.2) is 0 Å². The molecule has 2 saturated heterocycles. The number of thioether (sulfide) groups is 1. The average molecular weight is 486 g/mol. The Balaban J connectivity index is 1.75. The first-order chi connectivity index (χ1) is 15.8. The van der Waals surface area contributed by atoms with Crippen LogP contribution >= 0.6 is 24.0 Å². The van der Waals surface area contributed by atoms with E-state index in [2.05, 4.69) is 11.8 Å². The van der Waals surface area contributed by atoms with Crippen LogP contribution in [0.15, 0.2) is 28.0 Å². The molecule has 4 rings (SSSR count). The van der Waals surface area contributed by atoms with Crippen molar-refractivity contribution in [3.05, 3.63) is 44.7 Å². The Morgan fingerprint density at radius 2 is 2.06 bits per heavy atom. The summed E-state index contributed by atoms with van der Waals surface area (Å²) in [7, 11) is 0. The molecule has 0 bridgehead atoms. The van der Waals surface area contributed by atoms with Crippen LogP contribution in [0.2, 0.25) is 0 Å². The highest BCUT2D eigenvalue weighted by Crippen LogP contribution is 2.34. The van der Waals surface area contributed by atoms with E-state index in [1.807, 2.05) is 13.0 Å². The molecule has 0 aliphatic carbocycles. The Morgan fingerprint density at radius 1 is 1.33 bits per heavy atom. The summed E-state index contributed by atoms with van der Waals surface area (Å²) in [6.45, 7) is 5.92. The third-order valence-corrected chi connectivity index (χ3v) is 7.44. The number of amides is 1. The van der Waals surface area contributed by atoms with Crippen molar-refractivity contribution < 1.29 is 14.7 Å². The maximum absolute atomic E-state index is 13.5. The predicted molar refractivity (Wildman–Crippen MR) is 131 cm³/mol. The van der Waals surface area contributed by atoms with Gasteiger partial charge in [0.25, 0.3) is 11.5 Å². The number of carbonyl (C=O) groups excluding carboxylic acids is 2. The number of aryl methyl sites for hydroxylation is 1. The number of nitrogens with zero attached hydrogens (tertiary/aromatic N) is 4. The number of hydrogen-bond donors (Lipinski definition) is 0. The lowest BCUT2D eigenvalue weighted by Gasteiger charge is -2.32. The molecule has 1 amide bonds. The van der Waals surface area contributed by atoms with Crippen molar-refractivity contribution in [3.63, 3.8) is 0 Å². The number of anilines is 1. The fourth-order valence-corrected chi connectivity index (χ4v) is 5.38. The molecule has 2 aliphatic rings. The maximum Gasteiger partial charge on any atom is 0.267 e. The van der Waals surface area contributed by atoms with Crippen LogP contribution in [0.3, 0.4) is 0 Å². The van der Waals surface area contributed by atoms with Gasteiger partial charge in [-0.2, -0.15) is 0 Å². The highest BCUT2D eigenvalue weighted by atomic mass is 32.2. The van der Waals surface area contributed by atoms with Crippen LogP contribution < -0.4 is 15.6 Å². The molecule has 2 fully saturated rings. The van der Waals surface area contributed by atoms with E-state index in [-0.39, 0.29) is 30.9 Å². The summed E-state index contributed by atoms with van der Waals surface area (Å²) < 4.78 is 1.86. The van der Waals surface area contributed by atoms with Gasteiger partial charge in [0.1, 0.15) is 15.8 Å². The number of thiocarbonyl (C=S) groups is 1. The van der Waals surface area contributed by atoms with E-state index in [1.54, 1.807) is 18.3 Å². The van der Waals surface area contributed by atoms with E-state index in [9.17, 15) is 19.5 Å². The largest absolute Gasteiger partial charge is 0.550 e. The fourth-order valence-electron chi connectivity index (χ4n) is 4.09. The third kappa shape index (κ3) is 4.81. The fraction of sp³-hybridized carbons (Fsp3) is 0.435. The SMILES string of the molecule is Cc1cccn2c(=O)c(/C=C3/SC(=S)N(CCCC(=O)[O-])C3=O)c(N3CCC(C)CC3)nc12.